The van der Waals surface area contributed by atoms with Gasteiger partial charge in [-0.15, -0.1) is 0 Å². The zero-order valence-electron chi connectivity index (χ0n) is 10.6. The predicted molar refractivity (Wildman–Crippen MR) is 65.9 cm³/mol. The molecule has 0 amide bonds. The molecule has 0 saturated heterocycles. The second kappa shape index (κ2) is 8.85. The summed E-state index contributed by atoms with van der Waals surface area (Å²) in [7, 11) is -4.44. The van der Waals surface area contributed by atoms with Crippen molar-refractivity contribution in [3.8, 4) is 0 Å². The lowest BCUT2D eigenvalue weighted by Gasteiger charge is -2.16. The van der Waals surface area contributed by atoms with Crippen molar-refractivity contribution in [3.63, 3.8) is 0 Å². The average molecular weight is 267 g/mol. The summed E-state index contributed by atoms with van der Waals surface area (Å²) in [4.78, 5) is 0. The molecule has 6 heteroatoms. The van der Waals surface area contributed by atoms with E-state index >= 15 is 0 Å². The molecule has 0 aromatic carbocycles. The van der Waals surface area contributed by atoms with E-state index in [0.717, 1.165) is 25.7 Å². The first-order chi connectivity index (χ1) is 7.89. The van der Waals surface area contributed by atoms with Crippen LogP contribution in [0.1, 0.15) is 39.5 Å². The van der Waals surface area contributed by atoms with Crippen LogP contribution in [0.15, 0.2) is 0 Å². The summed E-state index contributed by atoms with van der Waals surface area (Å²) in [5, 5.41) is 0. The molecule has 0 aliphatic carbocycles. The molecule has 1 N–H and O–H groups in total. The van der Waals surface area contributed by atoms with E-state index in [2.05, 4.69) is 25.0 Å². The van der Waals surface area contributed by atoms with Crippen molar-refractivity contribution in [3.05, 3.63) is 6.92 Å². The van der Waals surface area contributed by atoms with Gasteiger partial charge in [0.15, 0.2) is 0 Å². The van der Waals surface area contributed by atoms with Gasteiger partial charge < -0.3 is 4.74 Å². The molecule has 0 aliphatic heterocycles. The maximum absolute atomic E-state index is 10.4. The highest BCUT2D eigenvalue weighted by atomic mass is 32.3. The highest BCUT2D eigenvalue weighted by Gasteiger charge is 2.13. The minimum absolute atomic E-state index is 0.0580. The highest BCUT2D eigenvalue weighted by Crippen LogP contribution is 2.13. The minimum atomic E-state index is -4.44. The Kier molecular flexibility index (Phi) is 8.77. The minimum Gasteiger partial charge on any atom is -0.378 e. The standard InChI is InChI=1S/C11H23O5S/c1-4-6-7-11(5-2)9-15-8-10(3)16-17(12,13)14/h10-11H,3-9H2,1-2H3,(H,12,13,14). The van der Waals surface area contributed by atoms with Gasteiger partial charge in [-0.25, -0.2) is 4.18 Å². The van der Waals surface area contributed by atoms with Gasteiger partial charge in [0.25, 0.3) is 0 Å². The van der Waals surface area contributed by atoms with Gasteiger partial charge in [-0.05, 0) is 19.3 Å². The molecule has 0 aromatic rings. The monoisotopic (exact) mass is 267 g/mol. The van der Waals surface area contributed by atoms with Crippen LogP contribution in [0.25, 0.3) is 0 Å². The molecule has 1 radical (unpaired) electrons. The van der Waals surface area contributed by atoms with Gasteiger partial charge in [0.2, 0.25) is 0 Å². The van der Waals surface area contributed by atoms with Crippen LogP contribution < -0.4 is 0 Å². The van der Waals surface area contributed by atoms with Crippen LogP contribution in [-0.4, -0.2) is 32.3 Å². The SMILES string of the molecule is [CH2]C(COCC(CC)CCCC)OS(=O)(=O)O. The van der Waals surface area contributed by atoms with Gasteiger partial charge >= 0.3 is 10.4 Å². The van der Waals surface area contributed by atoms with Crippen LogP contribution in [0.4, 0.5) is 0 Å². The lowest BCUT2D eigenvalue weighted by atomic mass is 10.0. The molecule has 0 heterocycles. The van der Waals surface area contributed by atoms with E-state index in [9.17, 15) is 8.42 Å². The van der Waals surface area contributed by atoms with Gasteiger partial charge in [-0.1, -0.05) is 33.1 Å². The molecule has 2 atom stereocenters. The Morgan fingerprint density at radius 1 is 1.29 bits per heavy atom. The van der Waals surface area contributed by atoms with Crippen molar-refractivity contribution in [2.45, 2.75) is 45.6 Å². The molecule has 0 saturated carbocycles. The number of hydrogen-bond acceptors (Lipinski definition) is 4. The Balaban J connectivity index is 3.73. The quantitative estimate of drug-likeness (QED) is 0.614. The molecule has 0 rings (SSSR count). The number of rotatable bonds is 10. The molecule has 0 bridgehead atoms. The summed E-state index contributed by atoms with van der Waals surface area (Å²) in [5.41, 5.74) is 0. The first-order valence-electron chi connectivity index (χ1n) is 5.95. The topological polar surface area (TPSA) is 72.8 Å². The highest BCUT2D eigenvalue weighted by molar-refractivity contribution is 7.80. The van der Waals surface area contributed by atoms with Gasteiger partial charge in [0.1, 0.15) is 6.10 Å². The molecule has 0 spiro atoms. The first-order valence-corrected chi connectivity index (χ1v) is 7.32. The molecule has 0 aliphatic rings. The second-order valence-electron chi connectivity index (χ2n) is 4.10. The summed E-state index contributed by atoms with van der Waals surface area (Å²) >= 11 is 0. The Morgan fingerprint density at radius 3 is 2.41 bits per heavy atom. The Morgan fingerprint density at radius 2 is 1.94 bits per heavy atom. The predicted octanol–water partition coefficient (Wildman–Crippen LogP) is 2.24. The Hall–Kier alpha value is -0.170. The summed E-state index contributed by atoms with van der Waals surface area (Å²) in [6, 6.07) is 0. The van der Waals surface area contributed by atoms with Gasteiger partial charge in [-0.3, -0.25) is 4.55 Å². The molecule has 0 fully saturated rings. The van der Waals surface area contributed by atoms with Gasteiger partial charge in [0.05, 0.1) is 6.61 Å². The van der Waals surface area contributed by atoms with E-state index in [1.54, 1.807) is 0 Å². The fourth-order valence-electron chi connectivity index (χ4n) is 1.46. The van der Waals surface area contributed by atoms with Gasteiger partial charge in [-0.2, -0.15) is 8.42 Å². The maximum atomic E-state index is 10.4. The average Bonchev–Trinajstić information content (AvgIpc) is 2.20. The van der Waals surface area contributed by atoms with E-state index in [0.29, 0.717) is 12.5 Å². The fraction of sp³-hybridized carbons (Fsp3) is 0.909. The zero-order valence-corrected chi connectivity index (χ0v) is 11.4. The van der Waals surface area contributed by atoms with Crippen molar-refractivity contribution in [1.29, 1.82) is 0 Å². The summed E-state index contributed by atoms with van der Waals surface area (Å²) in [6.07, 6.45) is 3.54. The van der Waals surface area contributed by atoms with Crippen molar-refractivity contribution < 1.29 is 21.9 Å². The summed E-state index contributed by atoms with van der Waals surface area (Å²) in [6.45, 7) is 8.28. The Labute approximate surface area is 104 Å². The lowest BCUT2D eigenvalue weighted by Crippen LogP contribution is -2.22. The van der Waals surface area contributed by atoms with Crippen molar-refractivity contribution in [2.75, 3.05) is 13.2 Å². The third kappa shape index (κ3) is 10.7. The van der Waals surface area contributed by atoms with Crippen LogP contribution in [-0.2, 0) is 19.3 Å². The first kappa shape index (κ1) is 16.8. The fourth-order valence-corrected chi connectivity index (χ4v) is 1.86. The number of hydrogen-bond donors (Lipinski definition) is 1. The van der Waals surface area contributed by atoms with E-state index in [-0.39, 0.29) is 6.61 Å². The molecular formula is C11H23O5S. The Bertz CT molecular complexity index is 276. The maximum Gasteiger partial charge on any atom is 0.397 e. The molecule has 17 heavy (non-hydrogen) atoms. The van der Waals surface area contributed by atoms with E-state index in [1.807, 2.05) is 0 Å². The third-order valence-electron chi connectivity index (χ3n) is 2.46. The van der Waals surface area contributed by atoms with E-state index in [1.165, 1.54) is 0 Å². The number of ether oxygens (including phenoxy) is 1. The van der Waals surface area contributed by atoms with Crippen LogP contribution in [0.2, 0.25) is 0 Å². The lowest BCUT2D eigenvalue weighted by molar-refractivity contribution is 0.0440. The number of unbranched alkanes of at least 4 members (excludes halogenated alkanes) is 1. The van der Waals surface area contributed by atoms with Crippen molar-refractivity contribution in [1.82, 2.24) is 0 Å². The van der Waals surface area contributed by atoms with Crippen LogP contribution in [0.3, 0.4) is 0 Å². The van der Waals surface area contributed by atoms with Crippen LogP contribution >= 0.6 is 0 Å². The normalized spacial score (nSPS) is 15.8. The largest absolute Gasteiger partial charge is 0.397 e. The zero-order chi connectivity index (χ0) is 13.3. The van der Waals surface area contributed by atoms with Crippen LogP contribution in [0, 0.1) is 12.8 Å². The molecule has 2 unspecified atom stereocenters. The summed E-state index contributed by atoms with van der Waals surface area (Å²) < 4.78 is 38.7. The van der Waals surface area contributed by atoms with Crippen molar-refractivity contribution in [2.24, 2.45) is 5.92 Å². The van der Waals surface area contributed by atoms with Crippen molar-refractivity contribution >= 4 is 10.4 Å². The van der Waals surface area contributed by atoms with Gasteiger partial charge in [0, 0.05) is 6.61 Å². The van der Waals surface area contributed by atoms with Crippen LogP contribution in [0.5, 0.6) is 0 Å². The smallest absolute Gasteiger partial charge is 0.378 e. The molecular weight excluding hydrogens is 244 g/mol. The van der Waals surface area contributed by atoms with E-state index < -0.39 is 16.5 Å². The van der Waals surface area contributed by atoms with E-state index in [4.69, 9.17) is 9.29 Å². The summed E-state index contributed by atoms with van der Waals surface area (Å²) in [5.74, 6) is 0.480. The molecule has 5 nitrogen and oxygen atoms in total. The molecule has 103 valence electrons. The molecule has 0 aromatic heterocycles. The third-order valence-corrected chi connectivity index (χ3v) is 2.97. The second-order valence-corrected chi connectivity index (χ2v) is 5.15.